The first-order chi connectivity index (χ1) is 6.50. The molecule has 4 heteroatoms. The molecule has 0 fully saturated rings. The van der Waals surface area contributed by atoms with Gasteiger partial charge in [-0.1, -0.05) is 6.58 Å². The third kappa shape index (κ3) is 1.44. The maximum Gasteiger partial charge on any atom is 0.170 e. The van der Waals surface area contributed by atoms with Gasteiger partial charge in [0.05, 0.1) is 5.56 Å². The van der Waals surface area contributed by atoms with E-state index in [0.717, 1.165) is 6.08 Å². The SMILES string of the molecule is [CH2]c1c(F)c(F)c(C=C=C)c(F)c1F. The summed E-state index contributed by atoms with van der Waals surface area (Å²) in [6.07, 6.45) is 0.719. The predicted molar refractivity (Wildman–Crippen MR) is 44.3 cm³/mol. The maximum absolute atomic E-state index is 13.0. The summed E-state index contributed by atoms with van der Waals surface area (Å²) in [6.45, 7) is 5.91. The molecule has 1 aromatic rings. The molecule has 1 rings (SSSR count). The minimum Gasteiger partial charge on any atom is -0.203 e. The minimum atomic E-state index is -1.51. The molecule has 14 heavy (non-hydrogen) atoms. The first-order valence-electron chi connectivity index (χ1n) is 3.54. The smallest absolute Gasteiger partial charge is 0.170 e. The fourth-order valence-corrected chi connectivity index (χ4v) is 0.923. The van der Waals surface area contributed by atoms with Gasteiger partial charge in [0.25, 0.3) is 0 Å². The average Bonchev–Trinajstić information content (AvgIpc) is 2.19. The summed E-state index contributed by atoms with van der Waals surface area (Å²) in [7, 11) is 0. The molecule has 0 saturated carbocycles. The van der Waals surface area contributed by atoms with Crippen molar-refractivity contribution in [1.29, 1.82) is 0 Å². The zero-order chi connectivity index (χ0) is 10.9. The zero-order valence-corrected chi connectivity index (χ0v) is 7.00. The monoisotopic (exact) mass is 201 g/mol. The molecule has 0 amide bonds. The fourth-order valence-electron chi connectivity index (χ4n) is 0.923. The fraction of sp³-hybridized carbons (Fsp3) is 0. The Kier molecular flexibility index (Phi) is 2.77. The second-order valence-corrected chi connectivity index (χ2v) is 2.50. The Morgan fingerprint density at radius 1 is 0.929 bits per heavy atom. The standard InChI is InChI=1S/C10H5F4/c1-3-4-6-9(13)7(11)5(2)8(12)10(6)14/h4H,1-2H2. The van der Waals surface area contributed by atoms with Crippen LogP contribution in [0.2, 0.25) is 0 Å². The molecule has 0 nitrogen and oxygen atoms in total. The lowest BCUT2D eigenvalue weighted by atomic mass is 10.1. The summed E-state index contributed by atoms with van der Waals surface area (Å²) < 4.78 is 51.6. The van der Waals surface area contributed by atoms with Gasteiger partial charge in [-0.2, -0.15) is 0 Å². The zero-order valence-electron chi connectivity index (χ0n) is 7.00. The van der Waals surface area contributed by atoms with Gasteiger partial charge in [0.1, 0.15) is 0 Å². The summed E-state index contributed by atoms with van der Waals surface area (Å²) in [6, 6.07) is 0. The number of hydrogen-bond donors (Lipinski definition) is 0. The Morgan fingerprint density at radius 2 is 1.36 bits per heavy atom. The second kappa shape index (κ2) is 3.68. The molecule has 0 heterocycles. The minimum absolute atomic E-state index is 0.719. The van der Waals surface area contributed by atoms with Gasteiger partial charge in [0, 0.05) is 5.56 Å². The van der Waals surface area contributed by atoms with Crippen LogP contribution in [0.15, 0.2) is 12.3 Å². The molecule has 0 bridgehead atoms. The van der Waals surface area contributed by atoms with Gasteiger partial charge < -0.3 is 0 Å². The van der Waals surface area contributed by atoms with Crippen LogP contribution in [-0.4, -0.2) is 0 Å². The number of halogens is 4. The highest BCUT2D eigenvalue weighted by molar-refractivity contribution is 5.52. The van der Waals surface area contributed by atoms with Crippen molar-refractivity contribution in [3.63, 3.8) is 0 Å². The molecular weight excluding hydrogens is 196 g/mol. The molecule has 1 radical (unpaired) electrons. The van der Waals surface area contributed by atoms with E-state index in [4.69, 9.17) is 0 Å². The van der Waals surface area contributed by atoms with Crippen LogP contribution in [-0.2, 0) is 0 Å². The van der Waals surface area contributed by atoms with E-state index in [0.29, 0.717) is 0 Å². The van der Waals surface area contributed by atoms with E-state index in [9.17, 15) is 17.6 Å². The molecule has 0 spiro atoms. The van der Waals surface area contributed by atoms with Crippen LogP contribution in [0.25, 0.3) is 6.08 Å². The largest absolute Gasteiger partial charge is 0.203 e. The first-order valence-corrected chi connectivity index (χ1v) is 3.54. The van der Waals surface area contributed by atoms with E-state index < -0.39 is 34.4 Å². The van der Waals surface area contributed by atoms with Gasteiger partial charge in [-0.25, -0.2) is 17.6 Å². The third-order valence-corrected chi connectivity index (χ3v) is 1.63. The van der Waals surface area contributed by atoms with Crippen molar-refractivity contribution in [3.05, 3.63) is 53.6 Å². The van der Waals surface area contributed by atoms with Crippen molar-refractivity contribution in [3.8, 4) is 0 Å². The van der Waals surface area contributed by atoms with Crippen molar-refractivity contribution < 1.29 is 17.6 Å². The molecule has 73 valence electrons. The predicted octanol–water partition coefficient (Wildman–Crippen LogP) is 3.22. The van der Waals surface area contributed by atoms with Gasteiger partial charge in [-0.15, -0.1) is 5.73 Å². The van der Waals surface area contributed by atoms with Crippen molar-refractivity contribution in [2.75, 3.05) is 0 Å². The highest BCUT2D eigenvalue weighted by atomic mass is 19.2. The molecule has 0 aliphatic rings. The third-order valence-electron chi connectivity index (χ3n) is 1.63. The molecule has 0 atom stereocenters. The molecular formula is C10H5F4. The van der Waals surface area contributed by atoms with Crippen molar-refractivity contribution in [2.45, 2.75) is 0 Å². The Balaban J connectivity index is 3.67. The quantitative estimate of drug-likeness (QED) is 0.371. The van der Waals surface area contributed by atoms with E-state index in [-0.39, 0.29) is 0 Å². The number of benzene rings is 1. The van der Waals surface area contributed by atoms with Crippen LogP contribution in [0.5, 0.6) is 0 Å². The summed E-state index contributed by atoms with van der Waals surface area (Å²) in [5, 5.41) is 0. The van der Waals surface area contributed by atoms with E-state index in [1.165, 1.54) is 0 Å². The molecule has 0 N–H and O–H groups in total. The molecule has 1 aromatic carbocycles. The summed E-state index contributed by atoms with van der Waals surface area (Å²) in [5.74, 6) is -6.01. The topological polar surface area (TPSA) is 0 Å². The molecule has 0 unspecified atom stereocenters. The molecule has 0 aromatic heterocycles. The van der Waals surface area contributed by atoms with Crippen LogP contribution >= 0.6 is 0 Å². The highest BCUT2D eigenvalue weighted by Gasteiger charge is 2.21. The summed E-state index contributed by atoms with van der Waals surface area (Å²) in [4.78, 5) is 0. The van der Waals surface area contributed by atoms with Crippen LogP contribution < -0.4 is 0 Å². The number of hydrogen-bond acceptors (Lipinski definition) is 0. The molecule has 0 saturated heterocycles. The van der Waals surface area contributed by atoms with E-state index in [2.05, 4.69) is 13.5 Å². The lowest BCUT2D eigenvalue weighted by Crippen LogP contribution is -2.02. The van der Waals surface area contributed by atoms with Crippen molar-refractivity contribution >= 4 is 6.08 Å². The van der Waals surface area contributed by atoms with Crippen molar-refractivity contribution in [2.24, 2.45) is 0 Å². The lowest BCUT2D eigenvalue weighted by molar-refractivity contribution is 0.446. The van der Waals surface area contributed by atoms with Gasteiger partial charge in [0.15, 0.2) is 23.3 Å². The molecule has 0 aliphatic carbocycles. The van der Waals surface area contributed by atoms with Gasteiger partial charge >= 0.3 is 0 Å². The normalized spacial score (nSPS) is 9.79. The van der Waals surface area contributed by atoms with Gasteiger partial charge in [-0.3, -0.25) is 0 Å². The average molecular weight is 201 g/mol. The van der Waals surface area contributed by atoms with Crippen LogP contribution in [0, 0.1) is 30.2 Å². The van der Waals surface area contributed by atoms with Gasteiger partial charge in [0.2, 0.25) is 0 Å². The van der Waals surface area contributed by atoms with Crippen molar-refractivity contribution in [1.82, 2.24) is 0 Å². The summed E-state index contributed by atoms with van der Waals surface area (Å²) in [5.41, 5.74) is 0.256. The molecule has 0 aliphatic heterocycles. The summed E-state index contributed by atoms with van der Waals surface area (Å²) >= 11 is 0. The Morgan fingerprint density at radius 3 is 1.71 bits per heavy atom. The Bertz CT molecular complexity index is 399. The van der Waals surface area contributed by atoms with E-state index in [1.807, 2.05) is 5.73 Å². The van der Waals surface area contributed by atoms with Crippen LogP contribution in [0.3, 0.4) is 0 Å². The van der Waals surface area contributed by atoms with Crippen LogP contribution in [0.4, 0.5) is 17.6 Å². The van der Waals surface area contributed by atoms with E-state index in [1.54, 1.807) is 0 Å². The van der Waals surface area contributed by atoms with E-state index >= 15 is 0 Å². The maximum atomic E-state index is 13.0. The highest BCUT2D eigenvalue weighted by Crippen LogP contribution is 2.23. The second-order valence-electron chi connectivity index (χ2n) is 2.50. The van der Waals surface area contributed by atoms with Crippen LogP contribution in [0.1, 0.15) is 11.1 Å². The van der Waals surface area contributed by atoms with Gasteiger partial charge in [-0.05, 0) is 13.0 Å². The Hall–Kier alpha value is -1.54. The lowest BCUT2D eigenvalue weighted by Gasteiger charge is -2.05. The Labute approximate surface area is 78.2 Å². The first kappa shape index (κ1) is 10.5. The number of rotatable bonds is 1.